The molecule has 1 unspecified atom stereocenters. The summed E-state index contributed by atoms with van der Waals surface area (Å²) in [5.41, 5.74) is 0. The molecule has 0 spiro atoms. The zero-order valence-corrected chi connectivity index (χ0v) is 9.17. The standard InChI is InChI=1S/C11H23NO2/c1-14-9-11(8-13)12-10-6-4-2-3-5-7-10/h10-13H,2-9H2,1H3. The van der Waals surface area contributed by atoms with Crippen LogP contribution < -0.4 is 5.32 Å². The molecule has 0 radical (unpaired) electrons. The number of ether oxygens (including phenoxy) is 1. The minimum absolute atomic E-state index is 0.114. The Morgan fingerprint density at radius 2 is 1.93 bits per heavy atom. The predicted octanol–water partition coefficient (Wildman–Crippen LogP) is 1.31. The van der Waals surface area contributed by atoms with E-state index in [2.05, 4.69) is 5.32 Å². The first-order valence-electron chi connectivity index (χ1n) is 5.72. The first kappa shape index (κ1) is 12.0. The van der Waals surface area contributed by atoms with Crippen molar-refractivity contribution >= 4 is 0 Å². The molecule has 0 aromatic heterocycles. The van der Waals surface area contributed by atoms with E-state index in [4.69, 9.17) is 9.84 Å². The highest BCUT2D eigenvalue weighted by Gasteiger charge is 2.16. The Balaban J connectivity index is 2.24. The summed E-state index contributed by atoms with van der Waals surface area (Å²) in [6.07, 6.45) is 7.88. The zero-order chi connectivity index (χ0) is 10.2. The molecule has 1 saturated carbocycles. The second-order valence-corrected chi connectivity index (χ2v) is 4.19. The maximum Gasteiger partial charge on any atom is 0.0638 e. The molecular formula is C11H23NO2. The SMILES string of the molecule is COCC(CO)NC1CCCCCC1. The van der Waals surface area contributed by atoms with Crippen LogP contribution in [0, 0.1) is 0 Å². The van der Waals surface area contributed by atoms with Crippen LogP contribution in [0.1, 0.15) is 38.5 Å². The van der Waals surface area contributed by atoms with Gasteiger partial charge in [-0.3, -0.25) is 0 Å². The molecule has 0 aliphatic heterocycles. The van der Waals surface area contributed by atoms with Crippen molar-refractivity contribution in [1.82, 2.24) is 5.32 Å². The average Bonchev–Trinajstić information content (AvgIpc) is 2.45. The van der Waals surface area contributed by atoms with E-state index in [1.165, 1.54) is 38.5 Å². The van der Waals surface area contributed by atoms with Gasteiger partial charge in [0.15, 0.2) is 0 Å². The third-order valence-corrected chi connectivity index (χ3v) is 2.91. The van der Waals surface area contributed by atoms with E-state index in [0.717, 1.165) is 0 Å². The van der Waals surface area contributed by atoms with Crippen LogP contribution in [0.3, 0.4) is 0 Å². The lowest BCUT2D eigenvalue weighted by molar-refractivity contribution is 0.120. The minimum Gasteiger partial charge on any atom is -0.395 e. The average molecular weight is 201 g/mol. The summed E-state index contributed by atoms with van der Waals surface area (Å²) < 4.78 is 5.05. The van der Waals surface area contributed by atoms with Gasteiger partial charge in [0.05, 0.1) is 19.3 Å². The van der Waals surface area contributed by atoms with Crippen molar-refractivity contribution in [1.29, 1.82) is 0 Å². The Hall–Kier alpha value is -0.120. The number of aliphatic hydroxyl groups excluding tert-OH is 1. The van der Waals surface area contributed by atoms with Crippen LogP contribution in [0.2, 0.25) is 0 Å². The van der Waals surface area contributed by atoms with Crippen LogP contribution in [-0.4, -0.2) is 37.5 Å². The quantitative estimate of drug-likeness (QED) is 0.659. The molecule has 0 aromatic carbocycles. The van der Waals surface area contributed by atoms with Gasteiger partial charge in [-0.1, -0.05) is 25.7 Å². The van der Waals surface area contributed by atoms with Crippen LogP contribution in [-0.2, 0) is 4.74 Å². The molecule has 1 rings (SSSR count). The number of rotatable bonds is 5. The normalized spacial score (nSPS) is 21.9. The maximum absolute atomic E-state index is 9.12. The largest absolute Gasteiger partial charge is 0.395 e. The highest BCUT2D eigenvalue weighted by atomic mass is 16.5. The van der Waals surface area contributed by atoms with Gasteiger partial charge < -0.3 is 15.2 Å². The van der Waals surface area contributed by atoms with Crippen LogP contribution >= 0.6 is 0 Å². The number of hydrogen-bond donors (Lipinski definition) is 2. The molecule has 0 heterocycles. The van der Waals surface area contributed by atoms with Crippen LogP contribution in [0.25, 0.3) is 0 Å². The van der Waals surface area contributed by atoms with Gasteiger partial charge in [0.25, 0.3) is 0 Å². The first-order chi connectivity index (χ1) is 6.86. The first-order valence-corrected chi connectivity index (χ1v) is 5.72. The van der Waals surface area contributed by atoms with Gasteiger partial charge in [-0.2, -0.15) is 0 Å². The van der Waals surface area contributed by atoms with Crippen molar-refractivity contribution in [2.75, 3.05) is 20.3 Å². The highest BCUT2D eigenvalue weighted by molar-refractivity contribution is 4.75. The number of hydrogen-bond acceptors (Lipinski definition) is 3. The molecule has 0 bridgehead atoms. The third-order valence-electron chi connectivity index (χ3n) is 2.91. The number of nitrogens with one attached hydrogen (secondary N) is 1. The van der Waals surface area contributed by atoms with Crippen LogP contribution in [0.4, 0.5) is 0 Å². The Labute approximate surface area is 86.8 Å². The fourth-order valence-corrected chi connectivity index (χ4v) is 2.13. The second-order valence-electron chi connectivity index (χ2n) is 4.19. The molecule has 0 saturated heterocycles. The zero-order valence-electron chi connectivity index (χ0n) is 9.17. The van der Waals surface area contributed by atoms with Gasteiger partial charge in [-0.15, -0.1) is 0 Å². The molecular weight excluding hydrogens is 178 g/mol. The Morgan fingerprint density at radius 1 is 1.29 bits per heavy atom. The summed E-state index contributed by atoms with van der Waals surface area (Å²) in [5.74, 6) is 0. The fraction of sp³-hybridized carbons (Fsp3) is 1.00. The smallest absolute Gasteiger partial charge is 0.0638 e. The summed E-state index contributed by atoms with van der Waals surface area (Å²) in [7, 11) is 1.68. The van der Waals surface area contributed by atoms with E-state index in [1.807, 2.05) is 0 Å². The van der Waals surface area contributed by atoms with Gasteiger partial charge in [0, 0.05) is 13.2 Å². The van der Waals surface area contributed by atoms with Gasteiger partial charge in [0.1, 0.15) is 0 Å². The molecule has 1 fully saturated rings. The van der Waals surface area contributed by atoms with Crippen molar-refractivity contribution in [3.63, 3.8) is 0 Å². The van der Waals surface area contributed by atoms with Crippen molar-refractivity contribution in [3.8, 4) is 0 Å². The van der Waals surface area contributed by atoms with E-state index >= 15 is 0 Å². The molecule has 1 atom stereocenters. The Kier molecular flexibility index (Phi) is 6.15. The monoisotopic (exact) mass is 201 g/mol. The van der Waals surface area contributed by atoms with E-state index in [1.54, 1.807) is 7.11 Å². The molecule has 1 aliphatic rings. The van der Waals surface area contributed by atoms with E-state index in [0.29, 0.717) is 12.6 Å². The Morgan fingerprint density at radius 3 is 2.43 bits per heavy atom. The molecule has 3 nitrogen and oxygen atoms in total. The van der Waals surface area contributed by atoms with Crippen LogP contribution in [0.5, 0.6) is 0 Å². The van der Waals surface area contributed by atoms with Gasteiger partial charge in [-0.05, 0) is 12.8 Å². The van der Waals surface area contributed by atoms with Gasteiger partial charge in [0.2, 0.25) is 0 Å². The molecule has 3 heteroatoms. The maximum atomic E-state index is 9.12. The van der Waals surface area contributed by atoms with Crippen LogP contribution in [0.15, 0.2) is 0 Å². The third kappa shape index (κ3) is 4.40. The second kappa shape index (κ2) is 7.21. The Bertz CT molecular complexity index is 133. The number of methoxy groups -OCH3 is 1. The highest BCUT2D eigenvalue weighted by Crippen LogP contribution is 2.17. The van der Waals surface area contributed by atoms with Crippen molar-refractivity contribution in [2.45, 2.75) is 50.6 Å². The fourth-order valence-electron chi connectivity index (χ4n) is 2.13. The minimum atomic E-state index is 0.114. The molecule has 1 aliphatic carbocycles. The molecule has 2 N–H and O–H groups in total. The lowest BCUT2D eigenvalue weighted by Gasteiger charge is -2.22. The van der Waals surface area contributed by atoms with Gasteiger partial charge >= 0.3 is 0 Å². The summed E-state index contributed by atoms with van der Waals surface area (Å²) in [6, 6.07) is 0.702. The topological polar surface area (TPSA) is 41.5 Å². The predicted molar refractivity (Wildman–Crippen MR) is 57.4 cm³/mol. The summed E-state index contributed by atoms with van der Waals surface area (Å²) in [4.78, 5) is 0. The van der Waals surface area contributed by atoms with Crippen molar-refractivity contribution in [2.24, 2.45) is 0 Å². The summed E-state index contributed by atoms with van der Waals surface area (Å²) in [5, 5.41) is 12.6. The van der Waals surface area contributed by atoms with E-state index in [-0.39, 0.29) is 12.6 Å². The number of aliphatic hydroxyl groups is 1. The van der Waals surface area contributed by atoms with Crippen molar-refractivity contribution in [3.05, 3.63) is 0 Å². The molecule has 84 valence electrons. The molecule has 0 amide bonds. The lowest BCUT2D eigenvalue weighted by atomic mass is 10.1. The van der Waals surface area contributed by atoms with E-state index < -0.39 is 0 Å². The van der Waals surface area contributed by atoms with Gasteiger partial charge in [-0.25, -0.2) is 0 Å². The summed E-state index contributed by atoms with van der Waals surface area (Å²) in [6.45, 7) is 0.775. The molecule has 0 aromatic rings. The summed E-state index contributed by atoms with van der Waals surface area (Å²) >= 11 is 0. The van der Waals surface area contributed by atoms with E-state index in [9.17, 15) is 0 Å². The molecule has 14 heavy (non-hydrogen) atoms. The lowest BCUT2D eigenvalue weighted by Crippen LogP contribution is -2.43. The van der Waals surface area contributed by atoms with Crippen molar-refractivity contribution < 1.29 is 9.84 Å².